The Balaban J connectivity index is 1.25. The van der Waals surface area contributed by atoms with E-state index in [9.17, 15) is 27.9 Å². The summed E-state index contributed by atoms with van der Waals surface area (Å²) in [5, 5.41) is 20.6. The molecule has 2 amide bonds. The number of halogens is 3. The van der Waals surface area contributed by atoms with Crippen molar-refractivity contribution in [3.63, 3.8) is 0 Å². The van der Waals surface area contributed by atoms with Gasteiger partial charge < -0.3 is 25.8 Å². The molecular formula is C28H33F3N4O4. The number of aliphatic hydroxyl groups is 1. The van der Waals surface area contributed by atoms with Crippen LogP contribution in [-0.2, 0) is 16.6 Å². The van der Waals surface area contributed by atoms with Gasteiger partial charge in [-0.25, -0.2) is 4.98 Å². The standard InChI is InChI=1S/C28H33F3N4O4/c1-39-23-8-7-21(14-33-23)27(38)12-18-5-6-19(13-27)24(18)26(9-10-32-16-26)35-22(36)15-34-25(37)17-3-2-4-20(11-17)28(29,30)31/h2-4,7-8,11,14,18-19,24,32,38H,5-6,9-10,12-13,15-16H2,1H3,(H,34,37)(H,35,36)/t18?,19?,24?,26-,27?/m0/s1. The van der Waals surface area contributed by atoms with Gasteiger partial charge in [0.05, 0.1) is 30.4 Å². The normalized spacial score (nSPS) is 30.1. The number of alkyl halides is 3. The lowest BCUT2D eigenvalue weighted by molar-refractivity contribution is -0.137. The van der Waals surface area contributed by atoms with Crippen LogP contribution < -0.4 is 20.7 Å². The molecule has 2 unspecified atom stereocenters. The molecule has 210 valence electrons. The summed E-state index contributed by atoms with van der Waals surface area (Å²) >= 11 is 0. The third-order valence-electron chi connectivity index (χ3n) is 8.68. The first kappa shape index (κ1) is 27.4. The zero-order valence-electron chi connectivity index (χ0n) is 21.7. The Morgan fingerprint density at radius 2 is 1.92 bits per heavy atom. The van der Waals surface area contributed by atoms with E-state index in [4.69, 9.17) is 4.74 Å². The minimum Gasteiger partial charge on any atom is -0.481 e. The van der Waals surface area contributed by atoms with E-state index in [1.54, 1.807) is 19.4 Å². The fraction of sp³-hybridized carbons (Fsp3) is 0.536. The van der Waals surface area contributed by atoms with Crippen LogP contribution in [0, 0.1) is 17.8 Å². The number of amides is 2. The Hall–Kier alpha value is -3.18. The first-order chi connectivity index (χ1) is 18.5. The summed E-state index contributed by atoms with van der Waals surface area (Å²) in [4.78, 5) is 29.8. The molecule has 1 aromatic heterocycles. The van der Waals surface area contributed by atoms with Gasteiger partial charge in [0.2, 0.25) is 11.8 Å². The molecule has 2 heterocycles. The smallest absolute Gasteiger partial charge is 0.416 e. The van der Waals surface area contributed by atoms with Crippen LogP contribution in [0.2, 0.25) is 0 Å². The van der Waals surface area contributed by atoms with Crippen molar-refractivity contribution in [2.45, 2.75) is 49.4 Å². The van der Waals surface area contributed by atoms with Crippen LogP contribution in [0.15, 0.2) is 42.6 Å². The maximum absolute atomic E-state index is 13.0. The van der Waals surface area contributed by atoms with Gasteiger partial charge in [-0.15, -0.1) is 0 Å². The highest BCUT2D eigenvalue weighted by atomic mass is 19.4. The molecule has 1 aliphatic heterocycles. The molecule has 2 bridgehead atoms. The van der Waals surface area contributed by atoms with E-state index in [1.165, 1.54) is 12.1 Å². The number of rotatable bonds is 7. The van der Waals surface area contributed by atoms with Crippen LogP contribution in [0.5, 0.6) is 5.88 Å². The number of pyridine rings is 1. The summed E-state index contributed by atoms with van der Waals surface area (Å²) in [5.74, 6) is -0.115. The van der Waals surface area contributed by atoms with Crippen LogP contribution in [0.4, 0.5) is 13.2 Å². The van der Waals surface area contributed by atoms with E-state index in [0.29, 0.717) is 25.3 Å². The van der Waals surface area contributed by atoms with Crippen molar-refractivity contribution in [2.75, 3.05) is 26.7 Å². The third-order valence-corrected chi connectivity index (χ3v) is 8.68. The second kappa shape index (κ2) is 10.4. The molecule has 3 aliphatic rings. The Kier molecular flexibility index (Phi) is 7.32. The van der Waals surface area contributed by atoms with Gasteiger partial charge in [-0.3, -0.25) is 9.59 Å². The topological polar surface area (TPSA) is 113 Å². The van der Waals surface area contributed by atoms with Crippen molar-refractivity contribution < 1.29 is 32.6 Å². The highest BCUT2D eigenvalue weighted by molar-refractivity contribution is 5.96. The highest BCUT2D eigenvalue weighted by Gasteiger charge is 2.58. The van der Waals surface area contributed by atoms with Crippen LogP contribution in [0.25, 0.3) is 0 Å². The van der Waals surface area contributed by atoms with Crippen molar-refractivity contribution in [1.82, 2.24) is 20.9 Å². The monoisotopic (exact) mass is 546 g/mol. The van der Waals surface area contributed by atoms with E-state index in [0.717, 1.165) is 43.5 Å². The fourth-order valence-corrected chi connectivity index (χ4v) is 7.10. The Labute approximate surface area is 224 Å². The lowest BCUT2D eigenvalue weighted by Gasteiger charge is -2.49. The van der Waals surface area contributed by atoms with E-state index >= 15 is 0 Å². The fourth-order valence-electron chi connectivity index (χ4n) is 7.10. The molecule has 1 aromatic carbocycles. The van der Waals surface area contributed by atoms with Gasteiger partial charge in [-0.2, -0.15) is 13.2 Å². The zero-order valence-corrected chi connectivity index (χ0v) is 21.7. The zero-order chi connectivity index (χ0) is 27.8. The molecule has 2 saturated carbocycles. The molecule has 0 spiro atoms. The summed E-state index contributed by atoms with van der Waals surface area (Å²) in [6.07, 6.45) is 0.847. The van der Waals surface area contributed by atoms with E-state index in [-0.39, 0.29) is 29.9 Å². The number of nitrogens with zero attached hydrogens (tertiary/aromatic N) is 1. The number of methoxy groups -OCH3 is 1. The van der Waals surface area contributed by atoms with Crippen LogP contribution >= 0.6 is 0 Å². The molecule has 5 rings (SSSR count). The molecule has 1 saturated heterocycles. The average molecular weight is 547 g/mol. The van der Waals surface area contributed by atoms with Crippen LogP contribution in [0.3, 0.4) is 0 Å². The first-order valence-corrected chi connectivity index (χ1v) is 13.2. The number of nitrogens with one attached hydrogen (secondary N) is 3. The molecule has 4 N–H and O–H groups in total. The Morgan fingerprint density at radius 3 is 2.51 bits per heavy atom. The average Bonchev–Trinajstić information content (AvgIpc) is 3.49. The molecule has 11 heteroatoms. The van der Waals surface area contributed by atoms with Gasteiger partial charge in [0.1, 0.15) is 0 Å². The van der Waals surface area contributed by atoms with Crippen molar-refractivity contribution in [1.29, 1.82) is 0 Å². The minimum atomic E-state index is -4.56. The number of aromatic nitrogens is 1. The highest BCUT2D eigenvalue weighted by Crippen LogP contribution is 2.57. The van der Waals surface area contributed by atoms with Crippen molar-refractivity contribution in [3.8, 4) is 5.88 Å². The summed E-state index contributed by atoms with van der Waals surface area (Å²) in [6.45, 7) is 0.973. The first-order valence-electron chi connectivity index (χ1n) is 13.2. The number of fused-ring (bicyclic) bond motifs is 2. The second-order valence-corrected chi connectivity index (χ2v) is 11.0. The van der Waals surface area contributed by atoms with E-state index in [1.807, 2.05) is 6.07 Å². The second-order valence-electron chi connectivity index (χ2n) is 11.0. The van der Waals surface area contributed by atoms with Gasteiger partial charge >= 0.3 is 6.18 Å². The minimum absolute atomic E-state index is 0.155. The lowest BCUT2D eigenvalue weighted by atomic mass is 9.61. The van der Waals surface area contributed by atoms with Crippen molar-refractivity contribution >= 4 is 11.8 Å². The Morgan fingerprint density at radius 1 is 1.18 bits per heavy atom. The number of carbonyl (C=O) groups excluding carboxylic acids is 2. The number of ether oxygens (including phenoxy) is 1. The van der Waals surface area contributed by atoms with Crippen LogP contribution in [-0.4, -0.2) is 54.2 Å². The maximum atomic E-state index is 13.0. The number of hydrogen-bond donors (Lipinski definition) is 4. The third kappa shape index (κ3) is 5.47. The van der Waals surface area contributed by atoms with Gasteiger partial charge in [0.25, 0.3) is 5.91 Å². The van der Waals surface area contributed by atoms with E-state index < -0.39 is 34.7 Å². The Bertz CT molecular complexity index is 1200. The summed E-state index contributed by atoms with van der Waals surface area (Å²) in [6, 6.07) is 7.72. The molecule has 2 aromatic rings. The summed E-state index contributed by atoms with van der Waals surface area (Å²) in [5.41, 5.74) is -1.85. The predicted molar refractivity (Wildman–Crippen MR) is 136 cm³/mol. The number of benzene rings is 1. The maximum Gasteiger partial charge on any atom is 0.416 e. The van der Waals surface area contributed by atoms with Crippen molar-refractivity contribution in [3.05, 3.63) is 59.3 Å². The quantitative estimate of drug-likeness (QED) is 0.425. The molecule has 8 nitrogen and oxygen atoms in total. The van der Waals surface area contributed by atoms with Gasteiger partial charge in [0, 0.05) is 29.9 Å². The number of hydrogen-bond acceptors (Lipinski definition) is 6. The lowest BCUT2D eigenvalue weighted by Crippen LogP contribution is -2.61. The predicted octanol–water partition coefficient (Wildman–Crippen LogP) is 3.01. The molecule has 3 atom stereocenters. The molecule has 0 radical (unpaired) electrons. The largest absolute Gasteiger partial charge is 0.481 e. The van der Waals surface area contributed by atoms with Gasteiger partial charge in [0.15, 0.2) is 0 Å². The van der Waals surface area contributed by atoms with E-state index in [2.05, 4.69) is 20.9 Å². The van der Waals surface area contributed by atoms with Gasteiger partial charge in [-0.05, 0) is 80.7 Å². The molecule has 39 heavy (non-hydrogen) atoms. The van der Waals surface area contributed by atoms with Gasteiger partial charge in [-0.1, -0.05) is 6.07 Å². The summed E-state index contributed by atoms with van der Waals surface area (Å²) in [7, 11) is 1.54. The summed E-state index contributed by atoms with van der Waals surface area (Å²) < 4.78 is 44.2. The molecule has 3 fully saturated rings. The molecular weight excluding hydrogens is 513 g/mol. The SMILES string of the molecule is COc1ccc(C2(O)CC3CCC(C2)C3[C@]2(NC(=O)CNC(=O)c3cccc(C(F)(F)F)c3)CCNC2)cn1. The van der Waals surface area contributed by atoms with Crippen molar-refractivity contribution in [2.24, 2.45) is 17.8 Å². The molecule has 2 aliphatic carbocycles. The number of carbonyl (C=O) groups is 2. The van der Waals surface area contributed by atoms with Crippen LogP contribution in [0.1, 0.15) is 53.6 Å².